The van der Waals surface area contributed by atoms with Gasteiger partial charge in [-0.25, -0.2) is 13.2 Å². The second-order valence-electron chi connectivity index (χ2n) is 1.92. The summed E-state index contributed by atoms with van der Waals surface area (Å²) in [5.74, 6) is -1.03. The van der Waals surface area contributed by atoms with Crippen LogP contribution < -0.4 is 0 Å². The second-order valence-corrected chi connectivity index (χ2v) is 3.57. The number of aromatic nitrogens is 1. The topological polar surface area (TPSA) is 12.9 Å². The summed E-state index contributed by atoms with van der Waals surface area (Å²) in [6.45, 7) is 0. The molecule has 0 spiro atoms. The van der Waals surface area contributed by atoms with Crippen molar-refractivity contribution in [3.8, 4) is 0 Å². The lowest BCUT2D eigenvalue weighted by Gasteiger charge is -2.03. The van der Waals surface area contributed by atoms with Gasteiger partial charge in [-0.1, -0.05) is 0 Å². The molecule has 0 bridgehead atoms. The summed E-state index contributed by atoms with van der Waals surface area (Å²) in [7, 11) is 0. The molecule has 1 nitrogen and oxygen atoms in total. The molecule has 66 valence electrons. The van der Waals surface area contributed by atoms with Gasteiger partial charge in [-0.3, -0.25) is 4.98 Å². The number of nitrogens with zero attached hydrogens (tertiary/aromatic N) is 1. The molecule has 6 heteroatoms. The first-order chi connectivity index (χ1) is 5.54. The smallest absolute Gasteiger partial charge is 0.251 e. The summed E-state index contributed by atoms with van der Waals surface area (Å²) >= 11 is 5.74. The molecule has 0 aliphatic rings. The van der Waals surface area contributed by atoms with Crippen LogP contribution in [0.5, 0.6) is 0 Å². The third-order valence-corrected chi connectivity index (χ3v) is 3.06. The van der Waals surface area contributed by atoms with Gasteiger partial charge < -0.3 is 0 Å². The Kier molecular flexibility index (Phi) is 3.11. The van der Waals surface area contributed by atoms with Gasteiger partial charge in [0.05, 0.1) is 8.95 Å². The minimum absolute atomic E-state index is 0.0344. The predicted octanol–water partition coefficient (Wildman–Crippen LogP) is 3.68. The van der Waals surface area contributed by atoms with Crippen LogP contribution in [0.25, 0.3) is 0 Å². The van der Waals surface area contributed by atoms with Crippen LogP contribution in [0.3, 0.4) is 0 Å². The highest BCUT2D eigenvalue weighted by Gasteiger charge is 2.18. The molecule has 0 saturated heterocycles. The molecule has 0 fully saturated rings. The fourth-order valence-electron chi connectivity index (χ4n) is 0.609. The molecule has 1 rings (SSSR count). The van der Waals surface area contributed by atoms with E-state index in [0.29, 0.717) is 4.47 Å². The molecular weight excluding hydrogens is 303 g/mol. The Morgan fingerprint density at radius 1 is 1.33 bits per heavy atom. The van der Waals surface area contributed by atoms with E-state index in [9.17, 15) is 13.2 Å². The molecular formula is C6H2Br2F3N. The molecule has 1 aromatic rings. The van der Waals surface area contributed by atoms with Crippen LogP contribution in [-0.2, 0) is 0 Å². The first-order valence-electron chi connectivity index (χ1n) is 2.81. The van der Waals surface area contributed by atoms with E-state index in [1.807, 2.05) is 0 Å². The Morgan fingerprint density at radius 3 is 2.42 bits per heavy atom. The molecule has 0 atom stereocenters. The zero-order valence-corrected chi connectivity index (χ0v) is 8.66. The molecule has 0 radical (unpaired) electrons. The third-order valence-electron chi connectivity index (χ3n) is 1.15. The Balaban J connectivity index is 3.27. The molecule has 0 aromatic carbocycles. The van der Waals surface area contributed by atoms with E-state index in [1.54, 1.807) is 0 Å². The standard InChI is InChI=1S/C6H2Br2F3N/c7-2-1-12-5(6(10)11)4(9)3(2)8/h1,6H. The average molecular weight is 305 g/mol. The maximum absolute atomic E-state index is 12.9. The van der Waals surface area contributed by atoms with Gasteiger partial charge in [0, 0.05) is 6.20 Å². The molecule has 1 aromatic heterocycles. The van der Waals surface area contributed by atoms with Crippen LogP contribution in [0.2, 0.25) is 0 Å². The van der Waals surface area contributed by atoms with Crippen LogP contribution in [0.1, 0.15) is 12.1 Å². The van der Waals surface area contributed by atoms with Crippen LogP contribution in [-0.4, -0.2) is 4.98 Å². The SMILES string of the molecule is Fc1c(C(F)F)ncc(Br)c1Br. The molecule has 0 aliphatic heterocycles. The van der Waals surface area contributed by atoms with Crippen LogP contribution in [0, 0.1) is 5.82 Å². The monoisotopic (exact) mass is 303 g/mol. The minimum Gasteiger partial charge on any atom is -0.251 e. The highest BCUT2D eigenvalue weighted by molar-refractivity contribution is 9.13. The van der Waals surface area contributed by atoms with E-state index in [2.05, 4.69) is 36.8 Å². The quantitative estimate of drug-likeness (QED) is 0.771. The molecule has 0 N–H and O–H groups in total. The molecule has 0 unspecified atom stereocenters. The fraction of sp³-hybridized carbons (Fsp3) is 0.167. The summed E-state index contributed by atoms with van der Waals surface area (Å²) in [6.07, 6.45) is -1.77. The average Bonchev–Trinajstić information content (AvgIpc) is 2.00. The summed E-state index contributed by atoms with van der Waals surface area (Å²) in [4.78, 5) is 3.24. The van der Waals surface area contributed by atoms with Crippen molar-refractivity contribution in [2.24, 2.45) is 0 Å². The van der Waals surface area contributed by atoms with Crippen molar-refractivity contribution in [1.82, 2.24) is 4.98 Å². The van der Waals surface area contributed by atoms with Gasteiger partial charge in [-0.2, -0.15) is 0 Å². The van der Waals surface area contributed by atoms with Crippen molar-refractivity contribution < 1.29 is 13.2 Å². The molecule has 1 heterocycles. The Morgan fingerprint density at radius 2 is 1.92 bits per heavy atom. The van der Waals surface area contributed by atoms with Crippen molar-refractivity contribution in [1.29, 1.82) is 0 Å². The number of pyridine rings is 1. The first-order valence-corrected chi connectivity index (χ1v) is 4.40. The number of halogens is 5. The third kappa shape index (κ3) is 1.80. The summed E-state index contributed by atoms with van der Waals surface area (Å²) in [5, 5.41) is 0. The highest BCUT2D eigenvalue weighted by atomic mass is 79.9. The van der Waals surface area contributed by atoms with E-state index in [-0.39, 0.29) is 4.47 Å². The second kappa shape index (κ2) is 3.74. The number of hydrogen-bond acceptors (Lipinski definition) is 1. The summed E-state index contributed by atoms with van der Waals surface area (Å²) in [5.41, 5.74) is -0.843. The molecule has 12 heavy (non-hydrogen) atoms. The van der Waals surface area contributed by atoms with Crippen molar-refractivity contribution in [3.05, 3.63) is 26.7 Å². The Labute approximate surface area is 83.2 Å². The molecule has 0 saturated carbocycles. The van der Waals surface area contributed by atoms with Crippen LogP contribution in [0.15, 0.2) is 15.1 Å². The van der Waals surface area contributed by atoms with Gasteiger partial charge in [-0.05, 0) is 31.9 Å². The maximum Gasteiger partial charge on any atom is 0.283 e. The Hall–Kier alpha value is -0.100. The molecule has 0 amide bonds. The molecule has 0 aliphatic carbocycles. The number of rotatable bonds is 1. The van der Waals surface area contributed by atoms with E-state index >= 15 is 0 Å². The minimum atomic E-state index is -2.89. The highest BCUT2D eigenvalue weighted by Crippen LogP contribution is 2.30. The lowest BCUT2D eigenvalue weighted by Crippen LogP contribution is -1.96. The zero-order valence-electron chi connectivity index (χ0n) is 5.49. The first kappa shape index (κ1) is 9.98. The Bertz CT molecular complexity index is 303. The van der Waals surface area contributed by atoms with E-state index in [4.69, 9.17) is 0 Å². The van der Waals surface area contributed by atoms with Gasteiger partial charge in [0.15, 0.2) is 5.82 Å². The van der Waals surface area contributed by atoms with E-state index in [0.717, 1.165) is 6.20 Å². The maximum atomic E-state index is 12.9. The number of hydrogen-bond donors (Lipinski definition) is 0. The zero-order chi connectivity index (χ0) is 9.30. The predicted molar refractivity (Wildman–Crippen MR) is 44.6 cm³/mol. The summed E-state index contributed by atoms with van der Waals surface area (Å²) < 4.78 is 37.2. The van der Waals surface area contributed by atoms with Gasteiger partial charge in [0.25, 0.3) is 6.43 Å². The van der Waals surface area contributed by atoms with Crippen molar-refractivity contribution >= 4 is 31.9 Å². The van der Waals surface area contributed by atoms with Gasteiger partial charge in [-0.15, -0.1) is 0 Å². The lowest BCUT2D eigenvalue weighted by atomic mass is 10.3. The lowest BCUT2D eigenvalue weighted by molar-refractivity contribution is 0.140. The van der Waals surface area contributed by atoms with E-state index in [1.165, 1.54) is 0 Å². The van der Waals surface area contributed by atoms with Crippen LogP contribution >= 0.6 is 31.9 Å². The fourth-order valence-corrected chi connectivity index (χ4v) is 1.19. The van der Waals surface area contributed by atoms with Crippen molar-refractivity contribution in [3.63, 3.8) is 0 Å². The largest absolute Gasteiger partial charge is 0.283 e. The van der Waals surface area contributed by atoms with Crippen molar-refractivity contribution in [2.75, 3.05) is 0 Å². The van der Waals surface area contributed by atoms with E-state index < -0.39 is 17.9 Å². The van der Waals surface area contributed by atoms with Gasteiger partial charge in [0.2, 0.25) is 0 Å². The number of alkyl halides is 2. The van der Waals surface area contributed by atoms with Crippen molar-refractivity contribution in [2.45, 2.75) is 6.43 Å². The summed E-state index contributed by atoms with van der Waals surface area (Å²) in [6, 6.07) is 0. The van der Waals surface area contributed by atoms with Gasteiger partial charge in [0.1, 0.15) is 5.69 Å². The normalized spacial score (nSPS) is 10.8. The van der Waals surface area contributed by atoms with Gasteiger partial charge >= 0.3 is 0 Å². The van der Waals surface area contributed by atoms with Crippen LogP contribution in [0.4, 0.5) is 13.2 Å².